The number of halogens is 2. The maximum absolute atomic E-state index is 12.4. The minimum atomic E-state index is -3.13. The highest BCUT2D eigenvalue weighted by Crippen LogP contribution is 2.35. The van der Waals surface area contributed by atoms with Crippen LogP contribution in [0.2, 0.25) is 0 Å². The number of para-hydroxylation sites is 1. The van der Waals surface area contributed by atoms with Crippen LogP contribution in [0, 0.1) is 0 Å². The molecule has 2 rings (SSSR count). The van der Waals surface area contributed by atoms with Crippen LogP contribution in [0.4, 0.5) is 14.5 Å². The summed E-state index contributed by atoms with van der Waals surface area (Å²) < 4.78 is 30.0. The Morgan fingerprint density at radius 2 is 2.11 bits per heavy atom. The third-order valence-electron chi connectivity index (χ3n) is 2.53. The first-order chi connectivity index (χ1) is 8.52. The van der Waals surface area contributed by atoms with Gasteiger partial charge in [0.15, 0.2) is 5.75 Å². The lowest BCUT2D eigenvalue weighted by atomic mass is 10.1. The first-order valence-corrected chi connectivity index (χ1v) is 5.11. The Morgan fingerprint density at radius 3 is 2.72 bits per heavy atom. The summed E-state index contributed by atoms with van der Waals surface area (Å²) in [6.07, 6.45) is -3.13. The van der Waals surface area contributed by atoms with Crippen LogP contribution in [-0.2, 0) is 4.79 Å². The topological polar surface area (TPSA) is 66.8 Å². The van der Waals surface area contributed by atoms with Gasteiger partial charge < -0.3 is 14.7 Å². The molecule has 96 valence electrons. The summed E-state index contributed by atoms with van der Waals surface area (Å²) in [7, 11) is 0. The Morgan fingerprint density at radius 1 is 1.39 bits per heavy atom. The van der Waals surface area contributed by atoms with Gasteiger partial charge in [0.1, 0.15) is 12.2 Å². The SMILES string of the molecule is O=C(O)c1cccc2c1OCCN2C(=O)C(F)F. The number of rotatable bonds is 2. The number of hydrogen-bond donors (Lipinski definition) is 1. The quantitative estimate of drug-likeness (QED) is 0.869. The monoisotopic (exact) mass is 257 g/mol. The lowest BCUT2D eigenvalue weighted by molar-refractivity contribution is -0.129. The molecule has 5 nitrogen and oxygen atoms in total. The zero-order chi connectivity index (χ0) is 13.3. The van der Waals surface area contributed by atoms with Crippen LogP contribution in [0.15, 0.2) is 18.2 Å². The van der Waals surface area contributed by atoms with Crippen LogP contribution in [-0.4, -0.2) is 36.6 Å². The maximum Gasteiger partial charge on any atom is 0.339 e. The molecule has 7 heteroatoms. The van der Waals surface area contributed by atoms with Gasteiger partial charge in [-0.25, -0.2) is 4.79 Å². The number of fused-ring (bicyclic) bond motifs is 1. The molecule has 18 heavy (non-hydrogen) atoms. The van der Waals surface area contributed by atoms with Gasteiger partial charge in [-0.15, -0.1) is 0 Å². The number of nitrogens with zero attached hydrogens (tertiary/aromatic N) is 1. The van der Waals surface area contributed by atoms with E-state index in [9.17, 15) is 18.4 Å². The highest BCUT2D eigenvalue weighted by molar-refractivity contribution is 6.01. The number of benzene rings is 1. The summed E-state index contributed by atoms with van der Waals surface area (Å²) >= 11 is 0. The number of amides is 1. The van der Waals surface area contributed by atoms with Crippen LogP contribution in [0.25, 0.3) is 0 Å². The normalized spacial score (nSPS) is 14.1. The van der Waals surface area contributed by atoms with Gasteiger partial charge in [-0.3, -0.25) is 4.79 Å². The molecule has 1 amide bonds. The molecule has 1 aromatic rings. The lowest BCUT2D eigenvalue weighted by Crippen LogP contribution is -2.41. The highest BCUT2D eigenvalue weighted by Gasteiger charge is 2.31. The number of anilines is 1. The smallest absolute Gasteiger partial charge is 0.339 e. The summed E-state index contributed by atoms with van der Waals surface area (Å²) in [6, 6.07) is 4.04. The minimum Gasteiger partial charge on any atom is -0.489 e. The molecule has 0 saturated carbocycles. The Kier molecular flexibility index (Phi) is 3.14. The summed E-state index contributed by atoms with van der Waals surface area (Å²) in [5, 5.41) is 8.94. The molecular weight excluding hydrogens is 248 g/mol. The molecule has 1 aliphatic rings. The molecule has 0 saturated heterocycles. The van der Waals surface area contributed by atoms with E-state index in [1.807, 2.05) is 0 Å². The maximum atomic E-state index is 12.4. The number of alkyl halides is 2. The van der Waals surface area contributed by atoms with Crippen molar-refractivity contribution in [2.45, 2.75) is 6.43 Å². The fourth-order valence-corrected chi connectivity index (χ4v) is 1.76. The van der Waals surface area contributed by atoms with E-state index < -0.39 is 18.3 Å². The van der Waals surface area contributed by atoms with Gasteiger partial charge in [0.05, 0.1) is 12.2 Å². The Bertz CT molecular complexity index is 504. The molecule has 1 aliphatic heterocycles. The average molecular weight is 257 g/mol. The molecular formula is C11H9F2NO4. The van der Waals surface area contributed by atoms with Crippen molar-refractivity contribution in [1.29, 1.82) is 0 Å². The summed E-state index contributed by atoms with van der Waals surface area (Å²) in [4.78, 5) is 23.1. The van der Waals surface area contributed by atoms with E-state index in [1.165, 1.54) is 18.2 Å². The molecule has 0 bridgehead atoms. The molecule has 0 unspecified atom stereocenters. The van der Waals surface area contributed by atoms with Crippen LogP contribution >= 0.6 is 0 Å². The van der Waals surface area contributed by atoms with Crippen molar-refractivity contribution in [2.24, 2.45) is 0 Å². The minimum absolute atomic E-state index is 0.0181. The fourth-order valence-electron chi connectivity index (χ4n) is 1.76. The Labute approximate surface area is 101 Å². The van der Waals surface area contributed by atoms with E-state index in [2.05, 4.69) is 0 Å². The average Bonchev–Trinajstić information content (AvgIpc) is 2.36. The molecule has 1 aromatic carbocycles. The van der Waals surface area contributed by atoms with Crippen molar-refractivity contribution < 1.29 is 28.2 Å². The third-order valence-corrected chi connectivity index (χ3v) is 2.53. The molecule has 0 aromatic heterocycles. The van der Waals surface area contributed by atoms with Gasteiger partial charge in [0.2, 0.25) is 0 Å². The number of carboxylic acid groups (broad SMARTS) is 1. The molecule has 0 spiro atoms. The van der Waals surface area contributed by atoms with Crippen molar-refractivity contribution in [3.63, 3.8) is 0 Å². The second-order valence-corrected chi connectivity index (χ2v) is 3.60. The zero-order valence-electron chi connectivity index (χ0n) is 9.10. The number of carbonyl (C=O) groups is 2. The van der Waals surface area contributed by atoms with Gasteiger partial charge in [0, 0.05) is 0 Å². The van der Waals surface area contributed by atoms with Gasteiger partial charge in [-0.1, -0.05) is 6.07 Å². The van der Waals surface area contributed by atoms with Crippen LogP contribution in [0.3, 0.4) is 0 Å². The Hall–Kier alpha value is -2.18. The van der Waals surface area contributed by atoms with Crippen molar-refractivity contribution in [2.75, 3.05) is 18.1 Å². The predicted octanol–water partition coefficient (Wildman–Crippen LogP) is 1.38. The molecule has 0 aliphatic carbocycles. The van der Waals surface area contributed by atoms with E-state index in [0.717, 1.165) is 4.90 Å². The second-order valence-electron chi connectivity index (χ2n) is 3.60. The third kappa shape index (κ3) is 1.99. The van der Waals surface area contributed by atoms with Gasteiger partial charge >= 0.3 is 12.4 Å². The fraction of sp³-hybridized carbons (Fsp3) is 0.273. The standard InChI is InChI=1S/C11H9F2NO4/c12-9(13)10(15)14-4-5-18-8-6(11(16)17)2-1-3-7(8)14/h1-3,9H,4-5H2,(H,16,17). The van der Waals surface area contributed by atoms with Gasteiger partial charge in [0.25, 0.3) is 5.91 Å². The summed E-state index contributed by atoms with van der Waals surface area (Å²) in [6.45, 7) is -0.0466. The molecule has 0 fully saturated rings. The molecule has 0 atom stereocenters. The van der Waals surface area contributed by atoms with Crippen LogP contribution in [0.5, 0.6) is 5.75 Å². The van der Waals surface area contributed by atoms with Gasteiger partial charge in [-0.05, 0) is 12.1 Å². The van der Waals surface area contributed by atoms with Crippen molar-refractivity contribution in [3.8, 4) is 5.75 Å². The number of hydrogen-bond acceptors (Lipinski definition) is 3. The highest BCUT2D eigenvalue weighted by atomic mass is 19.3. The van der Waals surface area contributed by atoms with Crippen molar-refractivity contribution in [1.82, 2.24) is 0 Å². The summed E-state index contributed by atoms with van der Waals surface area (Å²) in [5.74, 6) is -2.65. The van der Waals surface area contributed by atoms with E-state index in [1.54, 1.807) is 0 Å². The molecule has 1 N–H and O–H groups in total. The van der Waals surface area contributed by atoms with Crippen LogP contribution in [0.1, 0.15) is 10.4 Å². The van der Waals surface area contributed by atoms with E-state index >= 15 is 0 Å². The van der Waals surface area contributed by atoms with Crippen LogP contribution < -0.4 is 9.64 Å². The first-order valence-electron chi connectivity index (χ1n) is 5.11. The number of ether oxygens (including phenoxy) is 1. The van der Waals surface area contributed by atoms with E-state index in [-0.39, 0.29) is 30.2 Å². The molecule has 1 heterocycles. The van der Waals surface area contributed by atoms with Crippen molar-refractivity contribution >= 4 is 17.6 Å². The number of aromatic carboxylic acids is 1. The molecule has 0 radical (unpaired) electrons. The van der Waals surface area contributed by atoms with E-state index in [0.29, 0.717) is 0 Å². The van der Waals surface area contributed by atoms with E-state index in [4.69, 9.17) is 9.84 Å². The second kappa shape index (κ2) is 4.59. The largest absolute Gasteiger partial charge is 0.489 e. The predicted molar refractivity (Wildman–Crippen MR) is 57.3 cm³/mol. The Balaban J connectivity index is 2.48. The van der Waals surface area contributed by atoms with Crippen molar-refractivity contribution in [3.05, 3.63) is 23.8 Å². The summed E-state index contributed by atoms with van der Waals surface area (Å²) in [5.41, 5.74) is -0.0919. The zero-order valence-corrected chi connectivity index (χ0v) is 9.10. The first kappa shape index (κ1) is 12.3. The number of carboxylic acids is 1. The van der Waals surface area contributed by atoms with Gasteiger partial charge in [-0.2, -0.15) is 8.78 Å². The number of carbonyl (C=O) groups excluding carboxylic acids is 1. The lowest BCUT2D eigenvalue weighted by Gasteiger charge is -2.29.